The summed E-state index contributed by atoms with van der Waals surface area (Å²) in [7, 11) is 0. The molecule has 0 spiro atoms. The average molecular weight is 279 g/mol. The van der Waals surface area contributed by atoms with E-state index in [1.54, 1.807) is 11.3 Å². The van der Waals surface area contributed by atoms with Crippen LogP contribution >= 0.6 is 11.3 Å². The zero-order valence-electron chi connectivity index (χ0n) is 11.8. The molecule has 2 aromatic heterocycles. The van der Waals surface area contributed by atoms with Gasteiger partial charge in [-0.3, -0.25) is 0 Å². The van der Waals surface area contributed by atoms with Crippen LogP contribution in [0.3, 0.4) is 0 Å². The van der Waals surface area contributed by atoms with E-state index in [0.29, 0.717) is 0 Å². The van der Waals surface area contributed by atoms with Crippen LogP contribution in [0.4, 0.5) is 0 Å². The predicted octanol–water partition coefficient (Wildman–Crippen LogP) is 2.30. The normalized spacial score (nSPS) is 19.4. The number of hydrogen-bond donors (Lipinski definition) is 1. The zero-order chi connectivity index (χ0) is 13.7. The highest BCUT2D eigenvalue weighted by molar-refractivity contribution is 7.16. The van der Waals surface area contributed by atoms with Crippen molar-refractivity contribution in [2.45, 2.75) is 63.8 Å². The number of rotatable bonds is 2. The fourth-order valence-electron chi connectivity index (χ4n) is 2.75. The van der Waals surface area contributed by atoms with Crippen molar-refractivity contribution in [1.82, 2.24) is 19.8 Å². The molecule has 0 aromatic carbocycles. The minimum Gasteiger partial charge on any atom is -0.325 e. The summed E-state index contributed by atoms with van der Waals surface area (Å²) in [6.45, 7) is 6.39. The molecule has 1 aliphatic carbocycles. The minimum atomic E-state index is -0.0504. The standard InChI is InChI=1S/C13H21N5S/c1-12(2,3)10-15-16-11-18(10)17-9(19-11)8-13(14)6-4-5-7-13/h4-8,14H2,1-3H3. The molecule has 0 aliphatic heterocycles. The molecule has 2 heterocycles. The summed E-state index contributed by atoms with van der Waals surface area (Å²) in [5.41, 5.74) is 6.33. The lowest BCUT2D eigenvalue weighted by Crippen LogP contribution is -2.38. The van der Waals surface area contributed by atoms with Gasteiger partial charge >= 0.3 is 0 Å². The van der Waals surface area contributed by atoms with E-state index in [4.69, 9.17) is 5.73 Å². The molecule has 19 heavy (non-hydrogen) atoms. The topological polar surface area (TPSA) is 69.1 Å². The molecule has 0 unspecified atom stereocenters. The van der Waals surface area contributed by atoms with Crippen LogP contribution in [0, 0.1) is 0 Å². The van der Waals surface area contributed by atoms with Gasteiger partial charge in [0.05, 0.1) is 0 Å². The first-order valence-electron chi connectivity index (χ1n) is 6.88. The Morgan fingerprint density at radius 2 is 1.95 bits per heavy atom. The van der Waals surface area contributed by atoms with Gasteiger partial charge in [-0.15, -0.1) is 10.2 Å². The van der Waals surface area contributed by atoms with Gasteiger partial charge in [-0.05, 0) is 12.8 Å². The second kappa shape index (κ2) is 4.24. The van der Waals surface area contributed by atoms with Gasteiger partial charge in [-0.1, -0.05) is 44.9 Å². The van der Waals surface area contributed by atoms with Crippen molar-refractivity contribution < 1.29 is 0 Å². The largest absolute Gasteiger partial charge is 0.325 e. The van der Waals surface area contributed by atoms with Gasteiger partial charge in [0.2, 0.25) is 4.96 Å². The first-order chi connectivity index (χ1) is 8.87. The van der Waals surface area contributed by atoms with Crippen molar-refractivity contribution >= 4 is 16.3 Å². The van der Waals surface area contributed by atoms with E-state index in [1.807, 2.05) is 4.52 Å². The van der Waals surface area contributed by atoms with Crippen molar-refractivity contribution in [3.63, 3.8) is 0 Å². The zero-order valence-corrected chi connectivity index (χ0v) is 12.6. The van der Waals surface area contributed by atoms with Crippen LogP contribution in [0.2, 0.25) is 0 Å². The van der Waals surface area contributed by atoms with E-state index in [0.717, 1.165) is 35.1 Å². The first kappa shape index (κ1) is 13.0. The Hall–Kier alpha value is -1.01. The van der Waals surface area contributed by atoms with Gasteiger partial charge < -0.3 is 5.73 Å². The molecular weight excluding hydrogens is 258 g/mol. The highest BCUT2D eigenvalue weighted by Gasteiger charge is 2.31. The van der Waals surface area contributed by atoms with Crippen molar-refractivity contribution in [3.05, 3.63) is 10.8 Å². The summed E-state index contributed by atoms with van der Waals surface area (Å²) >= 11 is 1.62. The number of nitrogens with two attached hydrogens (primary N) is 1. The first-order valence-corrected chi connectivity index (χ1v) is 7.70. The molecule has 2 aromatic rings. The van der Waals surface area contributed by atoms with Gasteiger partial charge in [0.1, 0.15) is 5.01 Å². The molecule has 6 heteroatoms. The van der Waals surface area contributed by atoms with E-state index >= 15 is 0 Å². The van der Waals surface area contributed by atoms with Gasteiger partial charge in [0.25, 0.3) is 0 Å². The van der Waals surface area contributed by atoms with Crippen LogP contribution in [0.15, 0.2) is 0 Å². The number of aromatic nitrogens is 4. The maximum Gasteiger partial charge on any atom is 0.234 e. The molecule has 0 atom stereocenters. The molecule has 0 saturated heterocycles. The van der Waals surface area contributed by atoms with Crippen LogP contribution in [-0.2, 0) is 11.8 Å². The smallest absolute Gasteiger partial charge is 0.234 e. The quantitative estimate of drug-likeness (QED) is 0.915. The molecule has 0 bridgehead atoms. The molecule has 5 nitrogen and oxygen atoms in total. The Balaban J connectivity index is 1.92. The summed E-state index contributed by atoms with van der Waals surface area (Å²) in [4.78, 5) is 0.876. The van der Waals surface area contributed by atoms with Crippen molar-refractivity contribution in [2.75, 3.05) is 0 Å². The molecule has 3 rings (SSSR count). The third-order valence-corrected chi connectivity index (χ3v) is 4.70. The van der Waals surface area contributed by atoms with Crippen LogP contribution in [0.1, 0.15) is 57.3 Å². The van der Waals surface area contributed by atoms with Crippen molar-refractivity contribution in [3.8, 4) is 0 Å². The number of nitrogens with zero attached hydrogens (tertiary/aromatic N) is 4. The number of fused-ring (bicyclic) bond motifs is 1. The van der Waals surface area contributed by atoms with Crippen LogP contribution in [0.25, 0.3) is 4.96 Å². The highest BCUT2D eigenvalue weighted by Crippen LogP contribution is 2.32. The lowest BCUT2D eigenvalue weighted by Gasteiger charge is -2.21. The summed E-state index contributed by atoms with van der Waals surface area (Å²) in [5, 5.41) is 14.2. The minimum absolute atomic E-state index is 0.0431. The molecule has 1 aliphatic rings. The molecule has 104 valence electrons. The van der Waals surface area contributed by atoms with E-state index in [2.05, 4.69) is 36.1 Å². The molecular formula is C13H21N5S. The van der Waals surface area contributed by atoms with Crippen molar-refractivity contribution in [2.24, 2.45) is 5.73 Å². The lowest BCUT2D eigenvalue weighted by atomic mass is 9.95. The molecule has 1 saturated carbocycles. The summed E-state index contributed by atoms with van der Waals surface area (Å²) in [6.07, 6.45) is 5.57. The number of hydrogen-bond acceptors (Lipinski definition) is 5. The van der Waals surface area contributed by atoms with Gasteiger partial charge in [0, 0.05) is 17.4 Å². The molecule has 0 radical (unpaired) electrons. The molecule has 0 amide bonds. The van der Waals surface area contributed by atoms with Crippen LogP contribution in [0.5, 0.6) is 0 Å². The summed E-state index contributed by atoms with van der Waals surface area (Å²) in [5.74, 6) is 0.919. The molecule has 2 N–H and O–H groups in total. The third-order valence-electron chi connectivity index (χ3n) is 3.81. The lowest BCUT2D eigenvalue weighted by molar-refractivity contribution is 0.432. The Morgan fingerprint density at radius 1 is 1.26 bits per heavy atom. The third kappa shape index (κ3) is 2.39. The fourth-order valence-corrected chi connectivity index (χ4v) is 3.74. The second-order valence-corrected chi connectivity index (χ2v) is 7.75. The predicted molar refractivity (Wildman–Crippen MR) is 76.4 cm³/mol. The SMILES string of the molecule is CC(C)(C)c1nnc2sc(CC3(N)CCCC3)nn12. The maximum atomic E-state index is 6.43. The van der Waals surface area contributed by atoms with E-state index in [9.17, 15) is 0 Å². The van der Waals surface area contributed by atoms with Gasteiger partial charge in [-0.2, -0.15) is 9.61 Å². The highest BCUT2D eigenvalue weighted by atomic mass is 32.1. The Morgan fingerprint density at radius 3 is 2.58 bits per heavy atom. The van der Waals surface area contributed by atoms with Gasteiger partial charge in [-0.25, -0.2) is 0 Å². The van der Waals surface area contributed by atoms with Crippen LogP contribution < -0.4 is 5.73 Å². The summed E-state index contributed by atoms with van der Waals surface area (Å²) < 4.78 is 1.89. The second-order valence-electron chi connectivity index (χ2n) is 6.71. The Labute approximate surface area is 117 Å². The van der Waals surface area contributed by atoms with Crippen LogP contribution in [-0.4, -0.2) is 25.4 Å². The average Bonchev–Trinajstić information content (AvgIpc) is 2.91. The maximum absolute atomic E-state index is 6.43. The van der Waals surface area contributed by atoms with Crippen molar-refractivity contribution in [1.29, 1.82) is 0 Å². The molecule has 1 fully saturated rings. The van der Waals surface area contributed by atoms with E-state index in [-0.39, 0.29) is 11.0 Å². The Bertz CT molecular complexity index is 586. The monoisotopic (exact) mass is 279 g/mol. The fraction of sp³-hybridized carbons (Fsp3) is 0.769. The van der Waals surface area contributed by atoms with Gasteiger partial charge in [0.15, 0.2) is 5.82 Å². The summed E-state index contributed by atoms with van der Waals surface area (Å²) in [6, 6.07) is 0. The Kier molecular flexibility index (Phi) is 2.90. The van der Waals surface area contributed by atoms with E-state index in [1.165, 1.54) is 12.8 Å². The van der Waals surface area contributed by atoms with E-state index < -0.39 is 0 Å².